The van der Waals surface area contributed by atoms with E-state index in [0.29, 0.717) is 49.8 Å². The number of anilines is 2. The van der Waals surface area contributed by atoms with Crippen molar-refractivity contribution in [1.82, 2.24) is 15.1 Å². The van der Waals surface area contributed by atoms with Crippen molar-refractivity contribution in [1.29, 1.82) is 0 Å². The Morgan fingerprint density at radius 3 is 2.39 bits per heavy atom. The number of ether oxygens (including phenoxy) is 2. The Kier molecular flexibility index (Phi) is 8.29. The summed E-state index contributed by atoms with van der Waals surface area (Å²) in [6, 6.07) is 14.8. The number of likely N-dealkylation sites (tertiary alicyclic amines) is 1. The number of nitrogens with zero attached hydrogens (tertiary/aromatic N) is 3. The first-order valence-corrected chi connectivity index (χ1v) is 13.0. The van der Waals surface area contributed by atoms with Crippen molar-refractivity contribution in [2.45, 2.75) is 44.7 Å². The fraction of sp³-hybridized carbons (Fsp3) is 0.464. The van der Waals surface area contributed by atoms with Crippen LogP contribution in [0.4, 0.5) is 16.2 Å². The van der Waals surface area contributed by atoms with Gasteiger partial charge in [-0.1, -0.05) is 25.1 Å². The van der Waals surface area contributed by atoms with Gasteiger partial charge in [-0.15, -0.1) is 0 Å². The lowest BCUT2D eigenvalue weighted by Crippen LogP contribution is -2.58. The van der Waals surface area contributed by atoms with Crippen LogP contribution in [0.5, 0.6) is 11.5 Å². The first kappa shape index (κ1) is 27.1. The van der Waals surface area contributed by atoms with E-state index in [1.807, 2.05) is 44.2 Å². The lowest BCUT2D eigenvalue weighted by molar-refractivity contribution is -0.137. The average molecular weight is 524 g/mol. The lowest BCUT2D eigenvalue weighted by Gasteiger charge is -2.43. The van der Waals surface area contributed by atoms with Gasteiger partial charge < -0.3 is 34.8 Å². The molecule has 2 heterocycles. The first-order chi connectivity index (χ1) is 18.3. The molecule has 0 saturated carbocycles. The van der Waals surface area contributed by atoms with Crippen LogP contribution in [0.1, 0.15) is 33.1 Å². The quantitative estimate of drug-likeness (QED) is 0.551. The van der Waals surface area contributed by atoms with Gasteiger partial charge in [0.15, 0.2) is 0 Å². The summed E-state index contributed by atoms with van der Waals surface area (Å²) < 4.78 is 10.6. The number of carbonyl (C=O) groups is 3. The van der Waals surface area contributed by atoms with Gasteiger partial charge in [0.25, 0.3) is 5.91 Å². The molecular weight excluding hydrogens is 486 g/mol. The Morgan fingerprint density at radius 1 is 1.05 bits per heavy atom. The average Bonchev–Trinajstić information content (AvgIpc) is 3.19. The Bertz CT molecular complexity index is 1150. The molecule has 4 amide bonds. The van der Waals surface area contributed by atoms with E-state index in [2.05, 4.69) is 15.5 Å². The molecule has 2 saturated heterocycles. The number of hydrogen-bond acceptors (Lipinski definition) is 6. The molecule has 10 nitrogen and oxygen atoms in total. The molecule has 2 aliphatic rings. The zero-order valence-corrected chi connectivity index (χ0v) is 22.5. The summed E-state index contributed by atoms with van der Waals surface area (Å²) in [4.78, 5) is 45.0. The molecule has 2 aromatic carbocycles. The number of urea groups is 1. The second kappa shape index (κ2) is 11.6. The highest BCUT2D eigenvalue weighted by atomic mass is 16.5. The van der Waals surface area contributed by atoms with Gasteiger partial charge in [0.2, 0.25) is 5.91 Å². The van der Waals surface area contributed by atoms with Gasteiger partial charge in [0.05, 0.1) is 26.6 Å². The maximum Gasteiger partial charge on any atom is 0.321 e. The highest BCUT2D eigenvalue weighted by Gasteiger charge is 2.54. The van der Waals surface area contributed by atoms with Crippen LogP contribution in [0.2, 0.25) is 0 Å². The highest BCUT2D eigenvalue weighted by Crippen LogP contribution is 2.39. The maximum atomic E-state index is 13.8. The molecule has 1 atom stereocenters. The van der Waals surface area contributed by atoms with Crippen LogP contribution in [-0.4, -0.2) is 79.7 Å². The maximum absolute atomic E-state index is 13.8. The SMILES string of the molecule is CCC(C)NC(=O)CN1CN(c2ccccc2)C2(CCN(C(=O)Nc3ccc(OC)cc3OC)CC2)C1=O. The van der Waals surface area contributed by atoms with E-state index in [4.69, 9.17) is 9.47 Å². The number of hydrogen-bond donors (Lipinski definition) is 2. The summed E-state index contributed by atoms with van der Waals surface area (Å²) >= 11 is 0. The van der Waals surface area contributed by atoms with Crippen molar-refractivity contribution in [2.75, 3.05) is 50.7 Å². The van der Waals surface area contributed by atoms with Crippen molar-refractivity contribution in [2.24, 2.45) is 0 Å². The third kappa shape index (κ3) is 5.49. The van der Waals surface area contributed by atoms with E-state index in [9.17, 15) is 14.4 Å². The number of benzene rings is 2. The lowest BCUT2D eigenvalue weighted by atomic mass is 9.85. The van der Waals surface area contributed by atoms with Gasteiger partial charge >= 0.3 is 6.03 Å². The van der Waals surface area contributed by atoms with Crippen LogP contribution in [-0.2, 0) is 9.59 Å². The largest absolute Gasteiger partial charge is 0.497 e. The monoisotopic (exact) mass is 523 g/mol. The van der Waals surface area contributed by atoms with Crippen molar-refractivity contribution < 1.29 is 23.9 Å². The molecule has 0 aliphatic carbocycles. The van der Waals surface area contributed by atoms with E-state index >= 15 is 0 Å². The highest BCUT2D eigenvalue weighted by molar-refractivity contribution is 5.97. The van der Waals surface area contributed by atoms with Gasteiger partial charge in [-0.05, 0) is 50.5 Å². The fourth-order valence-corrected chi connectivity index (χ4v) is 5.09. The van der Waals surface area contributed by atoms with Crippen molar-refractivity contribution >= 4 is 29.2 Å². The van der Waals surface area contributed by atoms with Gasteiger partial charge in [-0.2, -0.15) is 0 Å². The van der Waals surface area contributed by atoms with Gasteiger partial charge in [-0.3, -0.25) is 9.59 Å². The molecule has 0 aromatic heterocycles. The van der Waals surface area contributed by atoms with Crippen LogP contribution in [0.3, 0.4) is 0 Å². The predicted octanol–water partition coefficient (Wildman–Crippen LogP) is 3.29. The van der Waals surface area contributed by atoms with Crippen molar-refractivity contribution in [3.63, 3.8) is 0 Å². The van der Waals surface area contributed by atoms with Crippen LogP contribution in [0.15, 0.2) is 48.5 Å². The number of amides is 4. The standard InChI is InChI=1S/C28H37N5O5/c1-5-20(2)29-25(34)18-32-19-33(21-9-7-6-8-10-21)28(26(32)35)13-15-31(16-14-28)27(36)30-23-12-11-22(37-3)17-24(23)38-4/h6-12,17,20H,5,13-16,18-19H2,1-4H3,(H,29,34)(H,30,36). The van der Waals surface area contributed by atoms with Crippen LogP contribution >= 0.6 is 0 Å². The summed E-state index contributed by atoms with van der Waals surface area (Å²) in [5.41, 5.74) is 0.651. The van der Waals surface area contributed by atoms with E-state index in [1.54, 1.807) is 35.1 Å². The number of para-hydroxylation sites is 1. The minimum absolute atomic E-state index is 0.00964. The molecule has 204 valence electrons. The van der Waals surface area contributed by atoms with Crippen molar-refractivity contribution in [3.8, 4) is 11.5 Å². The molecule has 10 heteroatoms. The zero-order valence-electron chi connectivity index (χ0n) is 22.5. The van der Waals surface area contributed by atoms with E-state index in [1.165, 1.54) is 7.11 Å². The first-order valence-electron chi connectivity index (χ1n) is 13.0. The molecule has 2 N–H and O–H groups in total. The minimum atomic E-state index is -0.813. The Hall–Kier alpha value is -3.95. The summed E-state index contributed by atoms with van der Waals surface area (Å²) in [6.45, 7) is 5.08. The second-order valence-corrected chi connectivity index (χ2v) is 9.80. The third-order valence-electron chi connectivity index (χ3n) is 7.46. The van der Waals surface area contributed by atoms with Crippen molar-refractivity contribution in [3.05, 3.63) is 48.5 Å². The normalized spacial score (nSPS) is 17.4. The minimum Gasteiger partial charge on any atom is -0.497 e. The Labute approximate surface area is 223 Å². The van der Waals surface area contributed by atoms with Crippen LogP contribution < -0.4 is 25.0 Å². The summed E-state index contributed by atoms with van der Waals surface area (Å²) in [5.74, 6) is 0.891. The molecule has 2 fully saturated rings. The van der Waals surface area contributed by atoms with Crippen LogP contribution in [0.25, 0.3) is 0 Å². The predicted molar refractivity (Wildman–Crippen MR) is 145 cm³/mol. The molecule has 38 heavy (non-hydrogen) atoms. The number of rotatable bonds is 8. The second-order valence-electron chi connectivity index (χ2n) is 9.80. The Morgan fingerprint density at radius 2 is 1.76 bits per heavy atom. The Balaban J connectivity index is 1.49. The van der Waals surface area contributed by atoms with Gasteiger partial charge in [0, 0.05) is 30.9 Å². The molecule has 0 radical (unpaired) electrons. The summed E-state index contributed by atoms with van der Waals surface area (Å²) in [6.07, 6.45) is 1.73. The molecule has 1 spiro atoms. The third-order valence-corrected chi connectivity index (χ3v) is 7.46. The van der Waals surface area contributed by atoms with E-state index in [0.717, 1.165) is 12.1 Å². The summed E-state index contributed by atoms with van der Waals surface area (Å²) in [7, 11) is 3.10. The van der Waals surface area contributed by atoms with Gasteiger partial charge in [0.1, 0.15) is 23.6 Å². The molecular formula is C28H37N5O5. The fourth-order valence-electron chi connectivity index (χ4n) is 5.09. The topological polar surface area (TPSA) is 103 Å². The molecule has 4 rings (SSSR count). The molecule has 2 aliphatic heterocycles. The number of nitrogens with one attached hydrogen (secondary N) is 2. The number of methoxy groups -OCH3 is 2. The number of piperidine rings is 1. The zero-order chi connectivity index (χ0) is 27.3. The molecule has 2 aromatic rings. The van der Waals surface area contributed by atoms with E-state index < -0.39 is 5.54 Å². The smallest absolute Gasteiger partial charge is 0.321 e. The van der Waals surface area contributed by atoms with Gasteiger partial charge in [-0.25, -0.2) is 4.79 Å². The van der Waals surface area contributed by atoms with Crippen LogP contribution in [0, 0.1) is 0 Å². The summed E-state index contributed by atoms with van der Waals surface area (Å²) in [5, 5.41) is 5.87. The molecule has 0 bridgehead atoms. The molecule has 1 unspecified atom stereocenters. The number of carbonyl (C=O) groups excluding carboxylic acids is 3. The van der Waals surface area contributed by atoms with E-state index in [-0.39, 0.29) is 30.4 Å².